The second kappa shape index (κ2) is 5.02. The van der Waals surface area contributed by atoms with E-state index in [1.165, 1.54) is 5.57 Å². The number of rotatable bonds is 0. The van der Waals surface area contributed by atoms with E-state index in [2.05, 4.69) is 12.2 Å². The molecule has 0 aromatic carbocycles. The minimum Gasteiger partial charge on any atom is -0.393 e. The van der Waals surface area contributed by atoms with Gasteiger partial charge in [-0.05, 0) is 31.6 Å². The van der Waals surface area contributed by atoms with Crippen LogP contribution >= 0.6 is 0 Å². The van der Waals surface area contributed by atoms with Crippen molar-refractivity contribution in [2.75, 3.05) is 6.54 Å². The molecule has 5 N–H and O–H groups in total. The summed E-state index contributed by atoms with van der Waals surface area (Å²) < 4.78 is 0. The highest BCUT2D eigenvalue weighted by Crippen LogP contribution is 2.58. The van der Waals surface area contributed by atoms with Gasteiger partial charge >= 0.3 is 0 Å². The normalized spacial score (nSPS) is 58.9. The van der Waals surface area contributed by atoms with Gasteiger partial charge in [0.2, 0.25) is 0 Å². The average Bonchev–Trinajstić information content (AvgIpc) is 2.73. The molecule has 0 spiro atoms. The van der Waals surface area contributed by atoms with E-state index in [0.29, 0.717) is 19.4 Å². The van der Waals surface area contributed by atoms with Crippen LogP contribution in [0, 0.1) is 22.7 Å². The number of piperidine rings is 1. The Hall–Kier alpha value is -0.460. The largest absolute Gasteiger partial charge is 0.393 e. The van der Waals surface area contributed by atoms with Crippen LogP contribution < -0.4 is 5.32 Å². The monoisotopic (exact) mass is 323 g/mol. The average molecular weight is 323 g/mol. The molecule has 0 aromatic heterocycles. The zero-order valence-corrected chi connectivity index (χ0v) is 13.9. The third-order valence-corrected chi connectivity index (χ3v) is 7.57. The lowest BCUT2D eigenvalue weighted by molar-refractivity contribution is -0.0873. The lowest BCUT2D eigenvalue weighted by Gasteiger charge is -2.58. The van der Waals surface area contributed by atoms with Gasteiger partial charge in [-0.15, -0.1) is 0 Å². The minimum absolute atomic E-state index is 0.00421. The van der Waals surface area contributed by atoms with Crippen LogP contribution in [0.15, 0.2) is 11.6 Å². The first-order valence-electron chi connectivity index (χ1n) is 8.94. The zero-order valence-electron chi connectivity index (χ0n) is 13.9. The predicted molar refractivity (Wildman–Crippen MR) is 85.6 cm³/mol. The van der Waals surface area contributed by atoms with Crippen molar-refractivity contribution in [3.63, 3.8) is 0 Å². The lowest BCUT2D eigenvalue weighted by Crippen LogP contribution is -2.66. The molecular weight excluding hydrogens is 294 g/mol. The van der Waals surface area contributed by atoms with Crippen LogP contribution in [0.3, 0.4) is 0 Å². The SMILES string of the molecule is C[C@]12CC[C@H](O)CC1=CC(O)C1C2NC[C@@]2(C)C1C[C@@H](O)[C@@H]2O. The van der Waals surface area contributed by atoms with Gasteiger partial charge in [0.1, 0.15) is 0 Å². The van der Waals surface area contributed by atoms with Gasteiger partial charge < -0.3 is 25.7 Å². The maximum Gasteiger partial charge on any atom is 0.0867 e. The van der Waals surface area contributed by atoms with E-state index in [-0.39, 0.29) is 29.4 Å². The van der Waals surface area contributed by atoms with E-state index in [1.807, 2.05) is 13.0 Å². The Bertz CT molecular complexity index is 537. The Morgan fingerprint density at radius 2 is 1.91 bits per heavy atom. The van der Waals surface area contributed by atoms with E-state index in [0.717, 1.165) is 12.8 Å². The van der Waals surface area contributed by atoms with Gasteiger partial charge in [-0.1, -0.05) is 25.5 Å². The van der Waals surface area contributed by atoms with Crippen molar-refractivity contribution in [1.29, 1.82) is 0 Å². The van der Waals surface area contributed by atoms with Gasteiger partial charge in [-0.25, -0.2) is 0 Å². The second-order valence-corrected chi connectivity index (χ2v) is 8.79. The van der Waals surface area contributed by atoms with Crippen LogP contribution in [0.25, 0.3) is 0 Å². The van der Waals surface area contributed by atoms with Crippen LogP contribution in [0.1, 0.15) is 39.5 Å². The first-order valence-corrected chi connectivity index (χ1v) is 8.94. The van der Waals surface area contributed by atoms with Gasteiger partial charge in [0.15, 0.2) is 0 Å². The lowest BCUT2D eigenvalue weighted by atomic mass is 9.53. The van der Waals surface area contributed by atoms with E-state index in [9.17, 15) is 20.4 Å². The fourth-order valence-electron chi connectivity index (χ4n) is 6.08. The summed E-state index contributed by atoms with van der Waals surface area (Å²) in [6.07, 6.45) is 2.53. The molecule has 23 heavy (non-hydrogen) atoms. The molecule has 130 valence electrons. The first-order chi connectivity index (χ1) is 10.8. The van der Waals surface area contributed by atoms with Crippen LogP contribution in [0.2, 0.25) is 0 Å². The smallest absolute Gasteiger partial charge is 0.0867 e. The van der Waals surface area contributed by atoms with Gasteiger partial charge in [0.05, 0.1) is 24.4 Å². The Morgan fingerprint density at radius 1 is 1.17 bits per heavy atom. The van der Waals surface area contributed by atoms with Crippen LogP contribution in [0.5, 0.6) is 0 Å². The van der Waals surface area contributed by atoms with Gasteiger partial charge in [-0.3, -0.25) is 0 Å². The molecule has 0 radical (unpaired) electrons. The highest BCUT2D eigenvalue weighted by molar-refractivity contribution is 5.30. The molecule has 4 aliphatic rings. The van der Waals surface area contributed by atoms with E-state index < -0.39 is 23.7 Å². The van der Waals surface area contributed by atoms with E-state index >= 15 is 0 Å². The Kier molecular flexibility index (Phi) is 3.50. The predicted octanol–water partition coefficient (Wildman–Crippen LogP) is 0.174. The summed E-state index contributed by atoms with van der Waals surface area (Å²) in [5.74, 6) is 0.111. The summed E-state index contributed by atoms with van der Waals surface area (Å²) in [5, 5.41) is 45.1. The summed E-state index contributed by atoms with van der Waals surface area (Å²) in [4.78, 5) is 0. The second-order valence-electron chi connectivity index (χ2n) is 8.79. The standard InChI is InChI=1S/C18H29NO4/c1-17-4-3-10(20)5-9(17)6-12(21)14-11-7-13(22)16(23)18(11,2)8-19-15(14)17/h6,10-16,19-23H,3-5,7-8H2,1-2H3/t10-,11?,12?,13+,14?,15?,16-,17-,18-/m0/s1. The van der Waals surface area contributed by atoms with Crippen LogP contribution in [-0.4, -0.2) is 57.4 Å². The summed E-state index contributed by atoms with van der Waals surface area (Å²) in [5.41, 5.74) is 0.723. The van der Waals surface area contributed by atoms with Crippen molar-refractivity contribution < 1.29 is 20.4 Å². The molecular formula is C18H29NO4. The summed E-state index contributed by atoms with van der Waals surface area (Å²) in [6.45, 7) is 4.93. The number of aliphatic hydroxyl groups excluding tert-OH is 4. The summed E-state index contributed by atoms with van der Waals surface area (Å²) >= 11 is 0. The van der Waals surface area contributed by atoms with Gasteiger partial charge in [0, 0.05) is 29.3 Å². The van der Waals surface area contributed by atoms with Crippen molar-refractivity contribution >= 4 is 0 Å². The molecule has 4 rings (SSSR count). The maximum atomic E-state index is 10.8. The number of hydrogen-bond donors (Lipinski definition) is 5. The van der Waals surface area contributed by atoms with Crippen molar-refractivity contribution in [2.24, 2.45) is 22.7 Å². The number of aliphatic hydroxyl groups is 4. The summed E-state index contributed by atoms with van der Waals surface area (Å²) in [6, 6.07) is 0.139. The number of nitrogens with one attached hydrogen (secondary N) is 1. The molecule has 5 nitrogen and oxygen atoms in total. The Labute approximate surface area is 137 Å². The molecule has 5 heteroatoms. The highest BCUT2D eigenvalue weighted by Gasteiger charge is 2.62. The Balaban J connectivity index is 1.73. The molecule has 0 aromatic rings. The van der Waals surface area contributed by atoms with Crippen LogP contribution in [-0.2, 0) is 0 Å². The zero-order chi connectivity index (χ0) is 16.6. The van der Waals surface area contributed by atoms with Gasteiger partial charge in [0.25, 0.3) is 0 Å². The topological polar surface area (TPSA) is 93.0 Å². The van der Waals surface area contributed by atoms with Crippen molar-refractivity contribution in [2.45, 2.75) is 70.0 Å². The number of hydrogen-bond acceptors (Lipinski definition) is 5. The molecule has 4 unspecified atom stereocenters. The molecule has 9 atom stereocenters. The molecule has 1 aliphatic heterocycles. The maximum absolute atomic E-state index is 10.8. The van der Waals surface area contributed by atoms with E-state index in [1.54, 1.807) is 0 Å². The molecule has 0 bridgehead atoms. The third-order valence-electron chi connectivity index (χ3n) is 7.57. The van der Waals surface area contributed by atoms with Crippen molar-refractivity contribution in [3.05, 3.63) is 11.6 Å². The summed E-state index contributed by atoms with van der Waals surface area (Å²) in [7, 11) is 0. The Morgan fingerprint density at radius 3 is 2.65 bits per heavy atom. The quantitative estimate of drug-likeness (QED) is 0.410. The van der Waals surface area contributed by atoms with Crippen LogP contribution in [0.4, 0.5) is 0 Å². The molecule has 0 amide bonds. The molecule has 1 saturated heterocycles. The minimum atomic E-state index is -0.737. The highest BCUT2D eigenvalue weighted by atomic mass is 16.3. The molecule has 3 aliphatic carbocycles. The molecule has 3 fully saturated rings. The van der Waals surface area contributed by atoms with Crippen molar-refractivity contribution in [3.8, 4) is 0 Å². The van der Waals surface area contributed by atoms with Gasteiger partial charge in [-0.2, -0.15) is 0 Å². The molecule has 2 saturated carbocycles. The molecule has 1 heterocycles. The fraction of sp³-hybridized carbons (Fsp3) is 0.889. The van der Waals surface area contributed by atoms with Crippen molar-refractivity contribution in [1.82, 2.24) is 5.32 Å². The fourth-order valence-corrected chi connectivity index (χ4v) is 6.08. The number of fused-ring (bicyclic) bond motifs is 5. The van der Waals surface area contributed by atoms with E-state index in [4.69, 9.17) is 0 Å². The first kappa shape index (κ1) is 16.0. The third kappa shape index (κ3) is 2.04.